The lowest BCUT2D eigenvalue weighted by Crippen LogP contribution is -2.51. The largest absolute Gasteiger partial charge is 0.443 e. The summed E-state index contributed by atoms with van der Waals surface area (Å²) in [5, 5.41) is 6.60. The molecule has 0 spiro atoms. The quantitative estimate of drug-likeness (QED) is 0.365. The highest BCUT2D eigenvalue weighted by atomic mass is 19.1. The van der Waals surface area contributed by atoms with Crippen LogP contribution in [0.3, 0.4) is 0 Å². The number of ether oxygens (including phenoxy) is 1. The molecule has 3 aliphatic heterocycles. The van der Waals surface area contributed by atoms with E-state index in [1.807, 2.05) is 24.2 Å². The Balaban J connectivity index is 1.24. The second-order valence-electron chi connectivity index (χ2n) is 12.7. The number of amides is 2. The molecule has 0 aliphatic carbocycles. The first-order valence-corrected chi connectivity index (χ1v) is 14.9. The normalized spacial score (nSPS) is 25.8. The van der Waals surface area contributed by atoms with E-state index in [2.05, 4.69) is 10.1 Å². The predicted molar refractivity (Wildman–Crippen MR) is 159 cm³/mol. The molecule has 44 heavy (non-hydrogen) atoms. The standard InChI is InChI=1S/C32H35F3N6O3/c1-18-24(16-37-41(18)21-10-12-39(29(42)15-21)31(43)44-32(2,3)4)22-9-11-36-26-7-8-28(38-30(22)26)40-17-20(34)14-27(40)23-13-19(33)5-6-25(23)35/h5-9,11,13,16,18,20-21,24,27H,10,12,14-15,17H2,1-4H3/t18?,20-,21?,24?,27+/m0/s1. The van der Waals surface area contributed by atoms with Gasteiger partial charge in [0.2, 0.25) is 5.91 Å². The van der Waals surface area contributed by atoms with Crippen molar-refractivity contribution in [2.45, 2.75) is 82.8 Å². The Morgan fingerprint density at radius 1 is 1.09 bits per heavy atom. The lowest BCUT2D eigenvalue weighted by Gasteiger charge is -2.37. The summed E-state index contributed by atoms with van der Waals surface area (Å²) in [4.78, 5) is 37.7. The fourth-order valence-corrected chi connectivity index (χ4v) is 6.43. The van der Waals surface area contributed by atoms with Gasteiger partial charge in [-0.3, -0.25) is 14.8 Å². The number of nitrogens with zero attached hydrogens (tertiary/aromatic N) is 6. The first kappa shape index (κ1) is 29.8. The molecule has 12 heteroatoms. The van der Waals surface area contributed by atoms with Crippen molar-refractivity contribution < 1.29 is 27.5 Å². The van der Waals surface area contributed by atoms with Gasteiger partial charge in [-0.1, -0.05) is 0 Å². The summed E-state index contributed by atoms with van der Waals surface area (Å²) in [6.45, 7) is 7.54. The topological polar surface area (TPSA) is 91.2 Å². The minimum absolute atomic E-state index is 0.000187. The van der Waals surface area contributed by atoms with E-state index in [1.165, 1.54) is 0 Å². The second kappa shape index (κ2) is 11.4. The van der Waals surface area contributed by atoms with Gasteiger partial charge < -0.3 is 9.64 Å². The van der Waals surface area contributed by atoms with Gasteiger partial charge in [0, 0.05) is 43.3 Å². The maximum Gasteiger partial charge on any atom is 0.417 e. The number of likely N-dealkylation sites (tertiary alicyclic amines) is 1. The molecule has 6 rings (SSSR count). The number of fused-ring (bicyclic) bond motifs is 1. The minimum atomic E-state index is -1.23. The monoisotopic (exact) mass is 608 g/mol. The molecule has 3 aliphatic rings. The number of alkyl halides is 1. The third-order valence-electron chi connectivity index (χ3n) is 8.50. The van der Waals surface area contributed by atoms with Crippen molar-refractivity contribution in [2.75, 3.05) is 18.0 Å². The van der Waals surface area contributed by atoms with Crippen molar-refractivity contribution >= 4 is 35.1 Å². The molecule has 5 heterocycles. The Labute approximate surface area is 253 Å². The van der Waals surface area contributed by atoms with Crippen LogP contribution in [0.5, 0.6) is 0 Å². The second-order valence-corrected chi connectivity index (χ2v) is 12.7. The third-order valence-corrected chi connectivity index (χ3v) is 8.50. The van der Waals surface area contributed by atoms with Gasteiger partial charge >= 0.3 is 6.09 Å². The molecule has 5 atom stereocenters. The Bertz CT molecular complexity index is 1630. The SMILES string of the molecule is CC1C(c2ccnc3ccc(N4C[C@@H](F)C[C@@H]4c4cc(F)ccc4F)nc23)C=NN1C1CCN(C(=O)OC(C)(C)C)C(=O)C1. The van der Waals surface area contributed by atoms with E-state index in [4.69, 9.17) is 9.72 Å². The van der Waals surface area contributed by atoms with Crippen LogP contribution in [0.2, 0.25) is 0 Å². The molecule has 3 aromatic rings. The van der Waals surface area contributed by atoms with Crippen molar-refractivity contribution in [1.82, 2.24) is 19.9 Å². The molecule has 2 fully saturated rings. The van der Waals surface area contributed by atoms with Crippen LogP contribution in [0.25, 0.3) is 11.0 Å². The summed E-state index contributed by atoms with van der Waals surface area (Å²) in [7, 11) is 0. The van der Waals surface area contributed by atoms with Crippen LogP contribution >= 0.6 is 0 Å². The highest BCUT2D eigenvalue weighted by Crippen LogP contribution is 2.40. The molecule has 2 saturated heterocycles. The smallest absolute Gasteiger partial charge is 0.417 e. The van der Waals surface area contributed by atoms with E-state index >= 15 is 0 Å². The summed E-state index contributed by atoms with van der Waals surface area (Å²) in [6, 6.07) is 7.59. The van der Waals surface area contributed by atoms with Crippen molar-refractivity contribution in [3.63, 3.8) is 0 Å². The van der Waals surface area contributed by atoms with E-state index in [0.717, 1.165) is 28.7 Å². The number of halogens is 3. The zero-order valence-corrected chi connectivity index (χ0v) is 25.1. The molecule has 0 saturated carbocycles. The summed E-state index contributed by atoms with van der Waals surface area (Å²) in [6.07, 6.45) is 2.36. The molecule has 1 aromatic carbocycles. The molecule has 9 nitrogen and oxygen atoms in total. The van der Waals surface area contributed by atoms with E-state index in [-0.39, 0.29) is 55.4 Å². The van der Waals surface area contributed by atoms with Crippen LogP contribution in [0.15, 0.2) is 47.7 Å². The molecule has 2 amide bonds. The Kier molecular flexibility index (Phi) is 7.71. The van der Waals surface area contributed by atoms with Gasteiger partial charge in [0.15, 0.2) is 0 Å². The van der Waals surface area contributed by atoms with Gasteiger partial charge in [-0.2, -0.15) is 5.10 Å². The third kappa shape index (κ3) is 5.69. The molecule has 0 radical (unpaired) electrons. The maximum atomic E-state index is 14.7. The average molecular weight is 609 g/mol. The summed E-state index contributed by atoms with van der Waals surface area (Å²) in [5.74, 6) is -1.22. The Morgan fingerprint density at radius 2 is 1.89 bits per heavy atom. The van der Waals surface area contributed by atoms with Gasteiger partial charge in [-0.15, -0.1) is 0 Å². The fraction of sp³-hybridized carbons (Fsp3) is 0.469. The number of benzene rings is 1. The van der Waals surface area contributed by atoms with Crippen LogP contribution in [-0.4, -0.2) is 75.0 Å². The average Bonchev–Trinajstić information content (AvgIpc) is 3.55. The number of anilines is 1. The molecule has 0 N–H and O–H groups in total. The first-order chi connectivity index (χ1) is 20.9. The summed E-state index contributed by atoms with van der Waals surface area (Å²) >= 11 is 0. The van der Waals surface area contributed by atoms with Gasteiger partial charge in [0.05, 0.1) is 35.7 Å². The Morgan fingerprint density at radius 3 is 2.64 bits per heavy atom. The number of hydrazone groups is 1. The fourth-order valence-electron chi connectivity index (χ4n) is 6.43. The van der Waals surface area contributed by atoms with Crippen molar-refractivity contribution in [3.05, 3.63) is 65.4 Å². The highest BCUT2D eigenvalue weighted by molar-refractivity contribution is 5.93. The molecule has 2 aromatic heterocycles. The number of carbonyl (C=O) groups excluding carboxylic acids is 2. The Hall–Kier alpha value is -4.22. The van der Waals surface area contributed by atoms with Crippen molar-refractivity contribution in [2.24, 2.45) is 5.10 Å². The molecule has 3 unspecified atom stereocenters. The zero-order valence-electron chi connectivity index (χ0n) is 25.1. The van der Waals surface area contributed by atoms with Crippen molar-refractivity contribution in [1.29, 1.82) is 0 Å². The summed E-state index contributed by atoms with van der Waals surface area (Å²) < 4.78 is 48.9. The van der Waals surface area contributed by atoms with Crippen LogP contribution in [0.4, 0.5) is 23.8 Å². The predicted octanol–water partition coefficient (Wildman–Crippen LogP) is 5.90. The molecular formula is C32H35F3N6O3. The van der Waals surface area contributed by atoms with Gasteiger partial charge in [-0.05, 0) is 76.1 Å². The molecular weight excluding hydrogens is 573 g/mol. The van der Waals surface area contributed by atoms with Gasteiger partial charge in [0.1, 0.15) is 29.2 Å². The number of imide groups is 1. The number of pyridine rings is 2. The van der Waals surface area contributed by atoms with Crippen molar-refractivity contribution in [3.8, 4) is 0 Å². The van der Waals surface area contributed by atoms with Crippen LogP contribution in [-0.2, 0) is 9.53 Å². The number of aromatic nitrogens is 2. The number of rotatable bonds is 4. The van der Waals surface area contributed by atoms with Crippen LogP contribution in [0.1, 0.15) is 70.0 Å². The number of carbonyl (C=O) groups is 2. The van der Waals surface area contributed by atoms with Gasteiger partial charge in [0.25, 0.3) is 0 Å². The highest BCUT2D eigenvalue weighted by Gasteiger charge is 2.41. The first-order valence-electron chi connectivity index (χ1n) is 14.9. The van der Waals surface area contributed by atoms with Crippen LogP contribution < -0.4 is 4.90 Å². The van der Waals surface area contributed by atoms with E-state index in [9.17, 15) is 22.8 Å². The molecule has 232 valence electrons. The molecule has 0 bridgehead atoms. The number of hydrogen-bond acceptors (Lipinski definition) is 8. The number of hydrogen-bond donors (Lipinski definition) is 0. The van der Waals surface area contributed by atoms with E-state index in [0.29, 0.717) is 23.3 Å². The summed E-state index contributed by atoms with van der Waals surface area (Å²) in [5.41, 5.74) is 1.49. The maximum absolute atomic E-state index is 14.7. The van der Waals surface area contributed by atoms with E-state index < -0.39 is 35.5 Å². The van der Waals surface area contributed by atoms with E-state index in [1.54, 1.807) is 44.0 Å². The van der Waals surface area contributed by atoms with Gasteiger partial charge in [-0.25, -0.2) is 27.8 Å². The van der Waals surface area contributed by atoms with Crippen LogP contribution in [0, 0.1) is 11.6 Å². The zero-order chi connectivity index (χ0) is 31.3. The lowest BCUT2D eigenvalue weighted by atomic mass is 9.92. The number of piperidine rings is 1. The minimum Gasteiger partial charge on any atom is -0.443 e. The lowest BCUT2D eigenvalue weighted by molar-refractivity contribution is -0.134.